The van der Waals surface area contributed by atoms with Crippen molar-refractivity contribution in [3.05, 3.63) is 40.2 Å². The molecule has 1 aromatic carbocycles. The standard InChI is InChI=1S/C17H19FN4OS/c1-9-21-22-17(24-9)20-16(23)13-6-11(4-5-14(13)18)12-7-15(12)19-8-10-2-3-10/h4-6,10,12,15,19H,2-3,7-8H2,1H3,(H,20,22,23)/t12-,15+/m0/s1. The van der Waals surface area contributed by atoms with Gasteiger partial charge in [-0.05, 0) is 56.3 Å². The minimum absolute atomic E-state index is 0.0631. The van der Waals surface area contributed by atoms with Crippen molar-refractivity contribution in [3.63, 3.8) is 0 Å². The summed E-state index contributed by atoms with van der Waals surface area (Å²) < 4.78 is 14.1. The van der Waals surface area contributed by atoms with Gasteiger partial charge in [0.1, 0.15) is 10.8 Å². The maximum Gasteiger partial charge on any atom is 0.260 e. The summed E-state index contributed by atoms with van der Waals surface area (Å²) in [6.45, 7) is 2.88. The van der Waals surface area contributed by atoms with Crippen molar-refractivity contribution in [1.29, 1.82) is 0 Å². The topological polar surface area (TPSA) is 66.9 Å². The fourth-order valence-corrected chi connectivity index (χ4v) is 3.47. The molecule has 0 radical (unpaired) electrons. The third kappa shape index (κ3) is 3.47. The summed E-state index contributed by atoms with van der Waals surface area (Å²) in [6.07, 6.45) is 3.71. The van der Waals surface area contributed by atoms with Crippen molar-refractivity contribution >= 4 is 22.4 Å². The number of benzene rings is 1. The van der Waals surface area contributed by atoms with Gasteiger partial charge in [-0.25, -0.2) is 4.39 Å². The van der Waals surface area contributed by atoms with Gasteiger partial charge in [-0.15, -0.1) is 10.2 Å². The van der Waals surface area contributed by atoms with Crippen LogP contribution in [0.4, 0.5) is 9.52 Å². The van der Waals surface area contributed by atoms with Gasteiger partial charge in [0.05, 0.1) is 5.56 Å². The van der Waals surface area contributed by atoms with Crippen molar-refractivity contribution < 1.29 is 9.18 Å². The SMILES string of the molecule is Cc1nnc(NC(=O)c2cc([C@@H]3C[C@H]3NCC3CC3)ccc2F)s1. The van der Waals surface area contributed by atoms with Crippen LogP contribution >= 0.6 is 11.3 Å². The lowest BCUT2D eigenvalue weighted by atomic mass is 10.1. The number of nitrogens with zero attached hydrogens (tertiary/aromatic N) is 2. The first-order valence-corrected chi connectivity index (χ1v) is 9.06. The van der Waals surface area contributed by atoms with E-state index in [1.165, 1.54) is 30.2 Å². The number of rotatable bonds is 6. The smallest absolute Gasteiger partial charge is 0.260 e. The molecule has 0 aliphatic heterocycles. The van der Waals surface area contributed by atoms with E-state index in [-0.39, 0.29) is 5.56 Å². The van der Waals surface area contributed by atoms with E-state index in [1.54, 1.807) is 19.1 Å². The molecule has 2 aliphatic carbocycles. The molecule has 2 aliphatic rings. The lowest BCUT2D eigenvalue weighted by Gasteiger charge is -2.07. The molecule has 126 valence electrons. The van der Waals surface area contributed by atoms with E-state index in [2.05, 4.69) is 20.8 Å². The van der Waals surface area contributed by atoms with Crippen LogP contribution in [0.3, 0.4) is 0 Å². The lowest BCUT2D eigenvalue weighted by molar-refractivity contribution is 0.102. The Morgan fingerprint density at radius 1 is 1.38 bits per heavy atom. The fourth-order valence-electron chi connectivity index (χ4n) is 2.89. The zero-order valence-electron chi connectivity index (χ0n) is 13.4. The number of carbonyl (C=O) groups is 1. The minimum atomic E-state index is -0.513. The van der Waals surface area contributed by atoms with Gasteiger partial charge in [-0.1, -0.05) is 17.4 Å². The summed E-state index contributed by atoms with van der Waals surface area (Å²) in [5, 5.41) is 15.0. The summed E-state index contributed by atoms with van der Waals surface area (Å²) in [4.78, 5) is 12.3. The Morgan fingerprint density at radius 3 is 2.92 bits per heavy atom. The number of anilines is 1. The first-order valence-electron chi connectivity index (χ1n) is 8.24. The van der Waals surface area contributed by atoms with Gasteiger partial charge in [0.2, 0.25) is 5.13 Å². The molecule has 2 saturated carbocycles. The maximum atomic E-state index is 14.1. The summed E-state index contributed by atoms with van der Waals surface area (Å²) in [7, 11) is 0. The zero-order valence-corrected chi connectivity index (χ0v) is 14.2. The number of halogens is 1. The van der Waals surface area contributed by atoms with E-state index >= 15 is 0 Å². The summed E-state index contributed by atoms with van der Waals surface area (Å²) in [5.74, 6) is 0.227. The van der Waals surface area contributed by atoms with Crippen molar-refractivity contribution in [2.24, 2.45) is 5.92 Å². The summed E-state index contributed by atoms with van der Waals surface area (Å²) in [5.41, 5.74) is 1.08. The summed E-state index contributed by atoms with van der Waals surface area (Å²) in [6, 6.07) is 5.29. The zero-order chi connectivity index (χ0) is 16.7. The molecule has 2 fully saturated rings. The van der Waals surface area contributed by atoms with Crippen LogP contribution in [0.25, 0.3) is 0 Å². The van der Waals surface area contributed by atoms with E-state index in [0.29, 0.717) is 17.1 Å². The number of carbonyl (C=O) groups excluding carboxylic acids is 1. The van der Waals surface area contributed by atoms with Crippen LogP contribution in [0.15, 0.2) is 18.2 Å². The number of aromatic nitrogens is 2. The third-order valence-electron chi connectivity index (χ3n) is 4.57. The second-order valence-electron chi connectivity index (χ2n) is 6.62. The van der Waals surface area contributed by atoms with Crippen LogP contribution in [-0.2, 0) is 0 Å². The van der Waals surface area contributed by atoms with Crippen molar-refractivity contribution in [1.82, 2.24) is 15.5 Å². The number of hydrogen-bond donors (Lipinski definition) is 2. The molecule has 7 heteroatoms. The van der Waals surface area contributed by atoms with E-state index in [4.69, 9.17) is 0 Å². The predicted molar refractivity (Wildman–Crippen MR) is 90.9 cm³/mol. The van der Waals surface area contributed by atoms with Gasteiger partial charge >= 0.3 is 0 Å². The molecule has 2 aromatic rings. The van der Waals surface area contributed by atoms with Crippen LogP contribution in [0.5, 0.6) is 0 Å². The number of amides is 1. The number of nitrogens with one attached hydrogen (secondary N) is 2. The molecule has 5 nitrogen and oxygen atoms in total. The molecule has 1 heterocycles. The second-order valence-corrected chi connectivity index (χ2v) is 7.80. The van der Waals surface area contributed by atoms with Crippen LogP contribution in [0, 0.1) is 18.7 Å². The molecule has 24 heavy (non-hydrogen) atoms. The highest BCUT2D eigenvalue weighted by atomic mass is 32.1. The van der Waals surface area contributed by atoms with Crippen LogP contribution in [0.1, 0.15) is 46.1 Å². The Hall–Kier alpha value is -1.86. The molecular weight excluding hydrogens is 327 g/mol. The van der Waals surface area contributed by atoms with E-state index in [1.807, 2.05) is 0 Å². The van der Waals surface area contributed by atoms with Crippen molar-refractivity contribution in [2.75, 3.05) is 11.9 Å². The van der Waals surface area contributed by atoms with E-state index in [0.717, 1.165) is 29.5 Å². The molecular formula is C17H19FN4OS. The Bertz CT molecular complexity index is 774. The Labute approximate surface area is 143 Å². The molecule has 0 saturated heterocycles. The highest BCUT2D eigenvalue weighted by Gasteiger charge is 2.39. The first kappa shape index (κ1) is 15.7. The first-order chi connectivity index (χ1) is 11.6. The third-order valence-corrected chi connectivity index (χ3v) is 5.32. The van der Waals surface area contributed by atoms with Crippen LogP contribution in [0.2, 0.25) is 0 Å². The van der Waals surface area contributed by atoms with Gasteiger partial charge in [-0.3, -0.25) is 10.1 Å². The van der Waals surface area contributed by atoms with Gasteiger partial charge in [-0.2, -0.15) is 0 Å². The Kier molecular flexibility index (Phi) is 4.05. The molecule has 1 aromatic heterocycles. The van der Waals surface area contributed by atoms with E-state index < -0.39 is 11.7 Å². The Morgan fingerprint density at radius 2 is 2.21 bits per heavy atom. The quantitative estimate of drug-likeness (QED) is 0.843. The van der Waals surface area contributed by atoms with Gasteiger partial charge in [0.15, 0.2) is 0 Å². The minimum Gasteiger partial charge on any atom is -0.313 e. The monoisotopic (exact) mass is 346 g/mol. The van der Waals surface area contributed by atoms with Gasteiger partial charge in [0, 0.05) is 12.0 Å². The predicted octanol–water partition coefficient (Wildman–Crippen LogP) is 3.09. The molecule has 0 spiro atoms. The normalized spacial score (nSPS) is 22.4. The maximum absolute atomic E-state index is 14.1. The molecule has 2 atom stereocenters. The van der Waals surface area contributed by atoms with Gasteiger partial charge < -0.3 is 5.32 Å². The van der Waals surface area contributed by atoms with Crippen molar-refractivity contribution in [3.8, 4) is 0 Å². The molecule has 2 N–H and O–H groups in total. The molecule has 1 amide bonds. The average molecular weight is 346 g/mol. The fraction of sp³-hybridized carbons (Fsp3) is 0.471. The second kappa shape index (κ2) is 6.22. The highest BCUT2D eigenvalue weighted by molar-refractivity contribution is 7.15. The van der Waals surface area contributed by atoms with Crippen LogP contribution < -0.4 is 10.6 Å². The van der Waals surface area contributed by atoms with Crippen molar-refractivity contribution in [2.45, 2.75) is 38.1 Å². The molecule has 0 unspecified atom stereocenters. The van der Waals surface area contributed by atoms with Crippen LogP contribution in [-0.4, -0.2) is 28.7 Å². The summed E-state index contributed by atoms with van der Waals surface area (Å²) >= 11 is 1.27. The Balaban J connectivity index is 1.44. The largest absolute Gasteiger partial charge is 0.313 e. The van der Waals surface area contributed by atoms with E-state index in [9.17, 15) is 9.18 Å². The molecule has 0 bridgehead atoms. The number of hydrogen-bond acceptors (Lipinski definition) is 5. The molecule has 4 rings (SSSR count). The highest BCUT2D eigenvalue weighted by Crippen LogP contribution is 2.42. The van der Waals surface area contributed by atoms with Gasteiger partial charge in [0.25, 0.3) is 5.91 Å². The number of aryl methyl sites for hydroxylation is 1. The average Bonchev–Trinajstić information content (AvgIpc) is 3.46. The lowest BCUT2D eigenvalue weighted by Crippen LogP contribution is -2.20.